The Kier molecular flexibility index (Phi) is 7.64. The minimum absolute atomic E-state index is 0.0494. The third-order valence-electron chi connectivity index (χ3n) is 4.67. The van der Waals surface area contributed by atoms with E-state index in [2.05, 4.69) is 19.2 Å². The molecule has 3 amide bonds. The van der Waals surface area contributed by atoms with E-state index in [0.717, 1.165) is 6.42 Å². The van der Waals surface area contributed by atoms with Gasteiger partial charge in [0, 0.05) is 38.2 Å². The van der Waals surface area contributed by atoms with Gasteiger partial charge in [-0.15, -0.1) is 0 Å². The second kappa shape index (κ2) is 9.94. The van der Waals surface area contributed by atoms with Crippen LogP contribution in [0, 0.1) is 5.92 Å². The summed E-state index contributed by atoms with van der Waals surface area (Å²) >= 11 is 0. The summed E-state index contributed by atoms with van der Waals surface area (Å²) in [6, 6.07) is 6.71. The van der Waals surface area contributed by atoms with E-state index in [9.17, 15) is 14.4 Å². The van der Waals surface area contributed by atoms with Gasteiger partial charge in [0.25, 0.3) is 5.91 Å². The highest BCUT2D eigenvalue weighted by molar-refractivity contribution is 5.96. The van der Waals surface area contributed by atoms with Crippen LogP contribution in [0.25, 0.3) is 0 Å². The predicted molar refractivity (Wildman–Crippen MR) is 103 cm³/mol. The second-order valence-electron chi connectivity index (χ2n) is 7.11. The monoisotopic (exact) mass is 375 g/mol. The molecule has 148 valence electrons. The molecule has 2 rings (SSSR count). The molecule has 1 aliphatic rings. The third kappa shape index (κ3) is 6.27. The highest BCUT2D eigenvalue weighted by Crippen LogP contribution is 2.11. The minimum atomic E-state index is -0.298. The number of carbonyl (C=O) groups is 3. The molecule has 0 aliphatic carbocycles. The van der Waals surface area contributed by atoms with Crippen molar-refractivity contribution in [1.29, 1.82) is 0 Å². The smallest absolute Gasteiger partial charge is 0.251 e. The summed E-state index contributed by atoms with van der Waals surface area (Å²) in [5.74, 6) is 0.901. The standard InChI is InChI=1S/C20H29N3O4/c1-15(2)4-9-18(24)22-10-12-23(13-11-22)19(25)14-21-20(26)16-5-7-17(27-3)8-6-16/h5-8,15H,4,9-14H2,1-3H3,(H,21,26). The molecule has 1 N–H and O–H groups in total. The SMILES string of the molecule is COc1ccc(C(=O)NCC(=O)N2CCN(C(=O)CCC(C)C)CC2)cc1. The van der Waals surface area contributed by atoms with Crippen molar-refractivity contribution >= 4 is 17.7 Å². The fourth-order valence-corrected chi connectivity index (χ4v) is 2.89. The first-order valence-electron chi connectivity index (χ1n) is 9.38. The van der Waals surface area contributed by atoms with Crippen molar-refractivity contribution in [2.75, 3.05) is 39.8 Å². The van der Waals surface area contributed by atoms with Gasteiger partial charge in [0.05, 0.1) is 13.7 Å². The molecule has 7 heteroatoms. The van der Waals surface area contributed by atoms with Crippen molar-refractivity contribution in [3.05, 3.63) is 29.8 Å². The van der Waals surface area contributed by atoms with Gasteiger partial charge in [0.15, 0.2) is 0 Å². The maximum atomic E-state index is 12.3. The second-order valence-corrected chi connectivity index (χ2v) is 7.11. The van der Waals surface area contributed by atoms with Crippen LogP contribution in [0.15, 0.2) is 24.3 Å². The molecule has 0 spiro atoms. The maximum absolute atomic E-state index is 12.3. The average molecular weight is 375 g/mol. The van der Waals surface area contributed by atoms with Gasteiger partial charge in [-0.3, -0.25) is 14.4 Å². The van der Waals surface area contributed by atoms with Gasteiger partial charge in [0.2, 0.25) is 11.8 Å². The van der Waals surface area contributed by atoms with Crippen molar-refractivity contribution in [2.24, 2.45) is 5.92 Å². The summed E-state index contributed by atoms with van der Waals surface area (Å²) in [7, 11) is 1.56. The molecule has 0 saturated carbocycles. The van der Waals surface area contributed by atoms with E-state index in [1.54, 1.807) is 36.3 Å². The maximum Gasteiger partial charge on any atom is 0.251 e. The molecular weight excluding hydrogens is 346 g/mol. The number of nitrogens with zero attached hydrogens (tertiary/aromatic N) is 2. The fourth-order valence-electron chi connectivity index (χ4n) is 2.89. The van der Waals surface area contributed by atoms with Crippen LogP contribution in [0.2, 0.25) is 0 Å². The van der Waals surface area contributed by atoms with E-state index in [0.29, 0.717) is 49.8 Å². The van der Waals surface area contributed by atoms with Gasteiger partial charge in [-0.2, -0.15) is 0 Å². The molecule has 1 heterocycles. The fraction of sp³-hybridized carbons (Fsp3) is 0.550. The van der Waals surface area contributed by atoms with Crippen LogP contribution in [0.1, 0.15) is 37.0 Å². The Morgan fingerprint density at radius 1 is 1.00 bits per heavy atom. The lowest BCUT2D eigenvalue weighted by atomic mass is 10.1. The number of benzene rings is 1. The van der Waals surface area contributed by atoms with E-state index in [4.69, 9.17) is 4.74 Å². The van der Waals surface area contributed by atoms with Crippen LogP contribution in [-0.4, -0.2) is 67.4 Å². The van der Waals surface area contributed by atoms with E-state index in [-0.39, 0.29) is 24.3 Å². The molecule has 1 fully saturated rings. The summed E-state index contributed by atoms with van der Waals surface area (Å²) in [5, 5.41) is 2.65. The number of amides is 3. The predicted octanol–water partition coefficient (Wildman–Crippen LogP) is 1.53. The summed E-state index contributed by atoms with van der Waals surface area (Å²) in [6.45, 7) is 6.26. The normalized spacial score (nSPS) is 14.2. The van der Waals surface area contributed by atoms with E-state index in [1.165, 1.54) is 0 Å². The zero-order chi connectivity index (χ0) is 19.8. The summed E-state index contributed by atoms with van der Waals surface area (Å²) in [6.07, 6.45) is 1.44. The number of methoxy groups -OCH3 is 1. The molecule has 0 radical (unpaired) electrons. The summed E-state index contributed by atoms with van der Waals surface area (Å²) in [5.41, 5.74) is 0.476. The van der Waals surface area contributed by atoms with Gasteiger partial charge in [-0.1, -0.05) is 13.8 Å². The lowest BCUT2D eigenvalue weighted by Crippen LogP contribution is -2.52. The zero-order valence-corrected chi connectivity index (χ0v) is 16.4. The van der Waals surface area contributed by atoms with E-state index >= 15 is 0 Å². The Morgan fingerprint density at radius 3 is 2.07 bits per heavy atom. The van der Waals surface area contributed by atoms with Crippen molar-refractivity contribution in [3.8, 4) is 5.75 Å². The number of hydrogen-bond acceptors (Lipinski definition) is 4. The molecule has 7 nitrogen and oxygen atoms in total. The van der Waals surface area contributed by atoms with E-state index < -0.39 is 0 Å². The Labute approximate surface area is 160 Å². The van der Waals surface area contributed by atoms with Crippen molar-refractivity contribution in [3.63, 3.8) is 0 Å². The number of nitrogens with one attached hydrogen (secondary N) is 1. The Balaban J connectivity index is 1.74. The van der Waals surface area contributed by atoms with Crippen molar-refractivity contribution in [1.82, 2.24) is 15.1 Å². The molecule has 1 aliphatic heterocycles. The van der Waals surface area contributed by atoms with Gasteiger partial charge in [-0.25, -0.2) is 0 Å². The van der Waals surface area contributed by atoms with Crippen LogP contribution in [-0.2, 0) is 9.59 Å². The van der Waals surface area contributed by atoms with Crippen LogP contribution < -0.4 is 10.1 Å². The molecule has 0 atom stereocenters. The Bertz CT molecular complexity index is 650. The number of ether oxygens (including phenoxy) is 1. The largest absolute Gasteiger partial charge is 0.497 e. The van der Waals surface area contributed by atoms with Gasteiger partial charge >= 0.3 is 0 Å². The van der Waals surface area contributed by atoms with Gasteiger partial charge < -0.3 is 19.9 Å². The quantitative estimate of drug-likeness (QED) is 0.784. The van der Waals surface area contributed by atoms with Gasteiger partial charge in [0.1, 0.15) is 5.75 Å². The Hall–Kier alpha value is -2.57. The highest BCUT2D eigenvalue weighted by atomic mass is 16.5. The van der Waals surface area contributed by atoms with Gasteiger partial charge in [-0.05, 0) is 36.6 Å². The number of piperazine rings is 1. The molecule has 0 unspecified atom stereocenters. The highest BCUT2D eigenvalue weighted by Gasteiger charge is 2.24. The molecule has 0 bridgehead atoms. The molecule has 27 heavy (non-hydrogen) atoms. The topological polar surface area (TPSA) is 79.0 Å². The first kappa shape index (κ1) is 20.7. The van der Waals surface area contributed by atoms with Crippen molar-refractivity contribution < 1.29 is 19.1 Å². The molecule has 1 saturated heterocycles. The molecular formula is C20H29N3O4. The van der Waals surface area contributed by atoms with Crippen LogP contribution in [0.4, 0.5) is 0 Å². The summed E-state index contributed by atoms with van der Waals surface area (Å²) < 4.78 is 5.06. The number of carbonyl (C=O) groups excluding carboxylic acids is 3. The summed E-state index contributed by atoms with van der Waals surface area (Å²) in [4.78, 5) is 40.1. The lowest BCUT2D eigenvalue weighted by molar-refractivity contribution is -0.139. The Morgan fingerprint density at radius 2 is 1.56 bits per heavy atom. The minimum Gasteiger partial charge on any atom is -0.497 e. The van der Waals surface area contributed by atoms with Crippen molar-refractivity contribution in [2.45, 2.75) is 26.7 Å². The number of rotatable bonds is 7. The van der Waals surface area contributed by atoms with Crippen LogP contribution in [0.3, 0.4) is 0 Å². The third-order valence-corrected chi connectivity index (χ3v) is 4.67. The van der Waals surface area contributed by atoms with Crippen LogP contribution >= 0.6 is 0 Å². The average Bonchev–Trinajstić information content (AvgIpc) is 2.70. The molecule has 0 aromatic heterocycles. The molecule has 1 aromatic rings. The lowest BCUT2D eigenvalue weighted by Gasteiger charge is -2.35. The molecule has 1 aromatic carbocycles. The first-order valence-corrected chi connectivity index (χ1v) is 9.38. The zero-order valence-electron chi connectivity index (χ0n) is 16.4. The van der Waals surface area contributed by atoms with Crippen LogP contribution in [0.5, 0.6) is 5.75 Å². The first-order chi connectivity index (χ1) is 12.9. The number of hydrogen-bond donors (Lipinski definition) is 1. The van der Waals surface area contributed by atoms with E-state index in [1.807, 2.05) is 4.90 Å².